The van der Waals surface area contributed by atoms with Crippen molar-refractivity contribution in [3.05, 3.63) is 118 Å². The van der Waals surface area contributed by atoms with Crippen molar-refractivity contribution in [1.29, 1.82) is 0 Å². The molecule has 0 aromatic heterocycles. The van der Waals surface area contributed by atoms with Crippen molar-refractivity contribution < 1.29 is 22.0 Å². The first-order chi connectivity index (χ1) is 16.4. The van der Waals surface area contributed by atoms with Crippen molar-refractivity contribution in [1.82, 2.24) is 0 Å². The third kappa shape index (κ3) is 4.72. The first kappa shape index (κ1) is 23.3. The maximum Gasteiger partial charge on any atom is 0.194 e. The number of rotatable bonds is 4. The number of fused-ring (bicyclic) bond motifs is 1. The smallest absolute Gasteiger partial charge is 0.194 e. The van der Waals surface area contributed by atoms with Crippen molar-refractivity contribution in [2.24, 2.45) is 0 Å². The highest BCUT2D eigenvalue weighted by Crippen LogP contribution is 2.35. The Morgan fingerprint density at radius 1 is 0.735 bits per heavy atom. The van der Waals surface area contributed by atoms with Crippen LogP contribution in [0, 0.1) is 29.3 Å². The van der Waals surface area contributed by atoms with Crippen LogP contribution in [0.25, 0.3) is 22.4 Å². The third-order valence-electron chi connectivity index (χ3n) is 5.42. The third-order valence-corrected chi connectivity index (χ3v) is 5.42. The summed E-state index contributed by atoms with van der Waals surface area (Å²) in [4.78, 5) is 0. The maximum atomic E-state index is 15.1. The highest BCUT2D eigenvalue weighted by atomic mass is 19.2. The average Bonchev–Trinajstić information content (AvgIpc) is 2.85. The van der Waals surface area contributed by atoms with E-state index >= 15 is 4.39 Å². The molecule has 0 saturated heterocycles. The van der Waals surface area contributed by atoms with Gasteiger partial charge < -0.3 is 0 Å². The van der Waals surface area contributed by atoms with Crippen LogP contribution in [0.5, 0.6) is 0 Å². The van der Waals surface area contributed by atoms with Gasteiger partial charge in [-0.3, -0.25) is 0 Å². The zero-order valence-corrected chi connectivity index (χ0v) is 18.2. The molecule has 4 aromatic carbocycles. The minimum atomic E-state index is -1.75. The topological polar surface area (TPSA) is 0 Å². The van der Waals surface area contributed by atoms with Gasteiger partial charge >= 0.3 is 0 Å². The maximum absolute atomic E-state index is 15.1. The minimum absolute atomic E-state index is 0.104. The van der Waals surface area contributed by atoms with E-state index in [1.807, 2.05) is 24.3 Å². The Balaban J connectivity index is 1.76. The normalized spacial score (nSPS) is 11.7. The van der Waals surface area contributed by atoms with E-state index in [2.05, 4.69) is 18.8 Å². The number of halogens is 5. The predicted octanol–water partition coefficient (Wildman–Crippen LogP) is 8.37. The fourth-order valence-corrected chi connectivity index (χ4v) is 3.71. The van der Waals surface area contributed by atoms with E-state index in [1.165, 1.54) is 11.6 Å². The molecule has 0 N–H and O–H groups in total. The molecule has 0 aliphatic heterocycles. The SMILES string of the molecule is CCCc1ccc(C#Cc2ccc(C(F)=C(F)c3cc(F)c(F)c(F)c3)c3ccccc23)cc1. The Kier molecular flexibility index (Phi) is 6.79. The summed E-state index contributed by atoms with van der Waals surface area (Å²) in [6, 6.07) is 18.4. The van der Waals surface area contributed by atoms with Gasteiger partial charge in [-0.1, -0.05) is 67.6 Å². The van der Waals surface area contributed by atoms with Crippen molar-refractivity contribution in [2.75, 3.05) is 0 Å². The fourth-order valence-electron chi connectivity index (χ4n) is 3.71. The van der Waals surface area contributed by atoms with Gasteiger partial charge in [-0.2, -0.15) is 0 Å². The lowest BCUT2D eigenvalue weighted by atomic mass is 9.97. The summed E-state index contributed by atoms with van der Waals surface area (Å²) in [6.07, 6.45) is 2.05. The summed E-state index contributed by atoms with van der Waals surface area (Å²) in [5, 5.41) is 0.970. The van der Waals surface area contributed by atoms with Crippen LogP contribution in [0.3, 0.4) is 0 Å². The predicted molar refractivity (Wildman–Crippen MR) is 126 cm³/mol. The molecule has 0 amide bonds. The number of aryl methyl sites for hydroxylation is 1. The number of benzene rings is 4. The second kappa shape index (κ2) is 9.93. The summed E-state index contributed by atoms with van der Waals surface area (Å²) in [6.45, 7) is 2.11. The summed E-state index contributed by atoms with van der Waals surface area (Å²) in [5.74, 6) is -1.58. The Morgan fingerprint density at radius 2 is 1.38 bits per heavy atom. The molecular formula is C29H19F5. The molecule has 0 spiro atoms. The zero-order valence-electron chi connectivity index (χ0n) is 18.2. The molecule has 4 rings (SSSR count). The van der Waals surface area contributed by atoms with Crippen molar-refractivity contribution in [2.45, 2.75) is 19.8 Å². The van der Waals surface area contributed by atoms with Gasteiger partial charge in [0.05, 0.1) is 0 Å². The summed E-state index contributed by atoms with van der Waals surface area (Å²) in [5.41, 5.74) is 1.84. The summed E-state index contributed by atoms with van der Waals surface area (Å²) >= 11 is 0. The quantitative estimate of drug-likeness (QED) is 0.124. The molecule has 34 heavy (non-hydrogen) atoms. The van der Waals surface area contributed by atoms with Crippen LogP contribution in [0.1, 0.15) is 41.2 Å². The van der Waals surface area contributed by atoms with E-state index in [4.69, 9.17) is 0 Å². The van der Waals surface area contributed by atoms with Gasteiger partial charge in [-0.25, -0.2) is 22.0 Å². The molecule has 0 atom stereocenters. The van der Waals surface area contributed by atoms with Crippen LogP contribution in [-0.2, 0) is 6.42 Å². The Morgan fingerprint density at radius 3 is 2.03 bits per heavy atom. The van der Waals surface area contributed by atoms with Gasteiger partial charge in [0.1, 0.15) is 0 Å². The zero-order chi connectivity index (χ0) is 24.2. The van der Waals surface area contributed by atoms with Crippen molar-refractivity contribution in [3.8, 4) is 11.8 Å². The van der Waals surface area contributed by atoms with Gasteiger partial charge in [0.2, 0.25) is 0 Å². The monoisotopic (exact) mass is 462 g/mol. The molecule has 0 aliphatic rings. The van der Waals surface area contributed by atoms with Gasteiger partial charge in [-0.05, 0) is 53.1 Å². The average molecular weight is 462 g/mol. The standard InChI is InChI=1S/C29H19F5/c1-2-5-18-8-10-19(11-9-18)12-13-20-14-15-24(23-7-4-3-6-22(20)23)28(33)27(32)21-16-25(30)29(34)26(31)17-21/h3-4,6-11,14-17H,2,5H2,1H3. The number of hydrogen-bond donors (Lipinski definition) is 0. The van der Waals surface area contributed by atoms with Crippen LogP contribution in [0.15, 0.2) is 72.8 Å². The molecular weight excluding hydrogens is 443 g/mol. The molecule has 0 fully saturated rings. The largest absolute Gasteiger partial charge is 0.204 e. The van der Waals surface area contributed by atoms with E-state index in [1.54, 1.807) is 30.3 Å². The lowest BCUT2D eigenvalue weighted by Gasteiger charge is -2.09. The highest BCUT2D eigenvalue weighted by molar-refractivity contribution is 6.00. The van der Waals surface area contributed by atoms with Gasteiger partial charge in [0.15, 0.2) is 29.1 Å². The summed E-state index contributed by atoms with van der Waals surface area (Å²) < 4.78 is 70.2. The van der Waals surface area contributed by atoms with Crippen LogP contribution in [0.4, 0.5) is 22.0 Å². The van der Waals surface area contributed by atoms with Crippen LogP contribution in [0.2, 0.25) is 0 Å². The second-order valence-corrected chi connectivity index (χ2v) is 7.79. The molecule has 4 aromatic rings. The molecule has 0 aliphatic carbocycles. The molecule has 170 valence electrons. The lowest BCUT2D eigenvalue weighted by Crippen LogP contribution is -1.94. The van der Waals surface area contributed by atoms with E-state index in [0.717, 1.165) is 18.4 Å². The highest BCUT2D eigenvalue weighted by Gasteiger charge is 2.19. The molecule has 0 radical (unpaired) electrons. The number of hydrogen-bond acceptors (Lipinski definition) is 0. The fraction of sp³-hybridized carbons (Fsp3) is 0.103. The van der Waals surface area contributed by atoms with E-state index < -0.39 is 34.7 Å². The minimum Gasteiger partial charge on any atom is -0.204 e. The van der Waals surface area contributed by atoms with Crippen LogP contribution in [-0.4, -0.2) is 0 Å². The first-order valence-corrected chi connectivity index (χ1v) is 10.7. The Labute approximate surface area is 194 Å². The second-order valence-electron chi connectivity index (χ2n) is 7.79. The Bertz CT molecular complexity index is 1430. The van der Waals surface area contributed by atoms with Crippen molar-refractivity contribution >= 4 is 22.4 Å². The first-order valence-electron chi connectivity index (χ1n) is 10.7. The van der Waals surface area contributed by atoms with Gasteiger partial charge in [0.25, 0.3) is 0 Å². The Hall–Kier alpha value is -3.91. The molecule has 0 nitrogen and oxygen atoms in total. The van der Waals surface area contributed by atoms with Crippen LogP contribution < -0.4 is 0 Å². The van der Waals surface area contributed by atoms with E-state index in [0.29, 0.717) is 28.5 Å². The van der Waals surface area contributed by atoms with Gasteiger partial charge in [-0.15, -0.1) is 0 Å². The molecule has 0 unspecified atom stereocenters. The van der Waals surface area contributed by atoms with Gasteiger partial charge in [0, 0.05) is 22.3 Å². The van der Waals surface area contributed by atoms with E-state index in [-0.39, 0.29) is 5.56 Å². The van der Waals surface area contributed by atoms with Crippen molar-refractivity contribution in [3.63, 3.8) is 0 Å². The lowest BCUT2D eigenvalue weighted by molar-refractivity contribution is 0.446. The van der Waals surface area contributed by atoms with E-state index in [9.17, 15) is 17.6 Å². The molecule has 0 saturated carbocycles. The summed E-state index contributed by atoms with van der Waals surface area (Å²) in [7, 11) is 0. The molecule has 0 heterocycles. The van der Waals surface area contributed by atoms with Crippen LogP contribution >= 0.6 is 0 Å². The molecule has 5 heteroatoms. The molecule has 0 bridgehead atoms.